The number of ether oxygens (including phenoxy) is 2. The van der Waals surface area contributed by atoms with Crippen LogP contribution in [0.4, 0.5) is 4.39 Å². The highest BCUT2D eigenvalue weighted by molar-refractivity contribution is 6.01. The molecule has 1 fully saturated rings. The lowest BCUT2D eigenvalue weighted by molar-refractivity contribution is -0.138. The Bertz CT molecular complexity index is 1190. The van der Waals surface area contributed by atoms with E-state index in [1.807, 2.05) is 0 Å². The first-order valence-corrected chi connectivity index (χ1v) is 9.83. The average Bonchev–Trinajstić information content (AvgIpc) is 3.32. The molecule has 0 bridgehead atoms. The van der Waals surface area contributed by atoms with Gasteiger partial charge in [-0.2, -0.15) is 10.1 Å². The molecule has 1 atom stereocenters. The summed E-state index contributed by atoms with van der Waals surface area (Å²) in [7, 11) is 0. The first kappa shape index (κ1) is 21.2. The summed E-state index contributed by atoms with van der Waals surface area (Å²) in [4.78, 5) is 40.1. The molecule has 1 N–H and O–H groups in total. The van der Waals surface area contributed by atoms with Crippen LogP contribution in [-0.2, 0) is 9.59 Å². The molecule has 3 aromatic rings. The predicted molar refractivity (Wildman–Crippen MR) is 107 cm³/mol. The maximum Gasteiger partial charge on any atom is 0.341 e. The minimum atomic E-state index is -1.17. The van der Waals surface area contributed by atoms with E-state index in [4.69, 9.17) is 9.47 Å². The fourth-order valence-corrected chi connectivity index (χ4v) is 3.40. The Morgan fingerprint density at radius 1 is 1.25 bits per heavy atom. The first-order chi connectivity index (χ1) is 15.3. The summed E-state index contributed by atoms with van der Waals surface area (Å²) >= 11 is 0. The predicted octanol–water partition coefficient (Wildman–Crippen LogP) is 2.23. The molecule has 10 nitrogen and oxygen atoms in total. The number of carboxylic acid groups (broad SMARTS) is 1. The molecular weight excluding hydrogens is 423 g/mol. The second-order valence-electron chi connectivity index (χ2n) is 7.13. The van der Waals surface area contributed by atoms with Crippen LogP contribution in [0.2, 0.25) is 0 Å². The van der Waals surface area contributed by atoms with Gasteiger partial charge in [0.1, 0.15) is 29.8 Å². The average molecular weight is 442 g/mol. The molecule has 2 aromatic heterocycles. The number of amides is 2. The van der Waals surface area contributed by atoms with E-state index < -0.39 is 17.9 Å². The summed E-state index contributed by atoms with van der Waals surface area (Å²) in [6.45, 7) is 1.81. The molecule has 0 aliphatic carbocycles. The van der Waals surface area contributed by atoms with Crippen molar-refractivity contribution < 1.29 is 33.4 Å². The van der Waals surface area contributed by atoms with E-state index in [2.05, 4.69) is 10.1 Å². The quantitative estimate of drug-likeness (QED) is 0.527. The van der Waals surface area contributed by atoms with Crippen LogP contribution in [0, 0.1) is 5.82 Å². The van der Waals surface area contributed by atoms with Crippen molar-refractivity contribution in [3.8, 4) is 11.6 Å². The number of likely N-dealkylation sites (tertiary alicyclic amines) is 1. The number of carboxylic acids is 1. The van der Waals surface area contributed by atoms with E-state index in [0.717, 1.165) is 4.90 Å². The van der Waals surface area contributed by atoms with Crippen LogP contribution in [0.15, 0.2) is 36.7 Å². The summed E-state index contributed by atoms with van der Waals surface area (Å²) < 4.78 is 26.8. The Hall–Kier alpha value is -4.02. The molecule has 0 saturated carbocycles. The summed E-state index contributed by atoms with van der Waals surface area (Å²) in [5.41, 5.74) is 0.416. The molecule has 2 amide bonds. The van der Waals surface area contributed by atoms with E-state index in [0.29, 0.717) is 11.3 Å². The minimum Gasteiger partial charge on any atom is -0.491 e. The molecule has 1 aliphatic heterocycles. The number of carbonyl (C=O) groups excluding carboxylic acids is 2. The van der Waals surface area contributed by atoms with E-state index in [9.17, 15) is 23.9 Å². The highest BCUT2D eigenvalue weighted by Crippen LogP contribution is 2.30. The third-order valence-electron chi connectivity index (χ3n) is 5.01. The van der Waals surface area contributed by atoms with Gasteiger partial charge >= 0.3 is 5.97 Å². The monoisotopic (exact) mass is 442 g/mol. The fourth-order valence-electron chi connectivity index (χ4n) is 3.40. The standard InChI is InChI=1S/C21H19FN4O6/c1-12(32-17-6-7-26-20(24-17)15(11-23-26)21(29)30)14-10-13(22)2-3-16(14)31-9-8-25-18(27)4-5-19(25)28/h2-3,6-7,10-12H,4-5,8-9H2,1H3,(H,29,30). The van der Waals surface area contributed by atoms with E-state index >= 15 is 0 Å². The second-order valence-corrected chi connectivity index (χ2v) is 7.13. The number of carbonyl (C=O) groups is 3. The van der Waals surface area contributed by atoms with E-state index in [1.54, 1.807) is 6.92 Å². The maximum atomic E-state index is 13.9. The lowest BCUT2D eigenvalue weighted by Crippen LogP contribution is -2.33. The number of hydrogen-bond donors (Lipinski definition) is 1. The fraction of sp³-hybridized carbons (Fsp3) is 0.286. The number of aromatic nitrogens is 3. The molecule has 3 heterocycles. The second kappa shape index (κ2) is 8.61. The number of rotatable bonds is 8. The topological polar surface area (TPSA) is 123 Å². The zero-order valence-corrected chi connectivity index (χ0v) is 17.0. The lowest BCUT2D eigenvalue weighted by atomic mass is 10.1. The van der Waals surface area contributed by atoms with Gasteiger partial charge in [-0.15, -0.1) is 0 Å². The van der Waals surface area contributed by atoms with Gasteiger partial charge in [0.05, 0.1) is 12.7 Å². The Kier molecular flexibility index (Phi) is 5.71. The first-order valence-electron chi connectivity index (χ1n) is 9.83. The minimum absolute atomic E-state index is 0.0465. The van der Waals surface area contributed by atoms with Crippen LogP contribution >= 0.6 is 0 Å². The largest absolute Gasteiger partial charge is 0.491 e. The van der Waals surface area contributed by atoms with Crippen LogP contribution in [0.5, 0.6) is 11.6 Å². The molecule has 1 aromatic carbocycles. The van der Waals surface area contributed by atoms with Crippen molar-refractivity contribution in [3.05, 3.63) is 53.6 Å². The van der Waals surface area contributed by atoms with Gasteiger partial charge in [-0.3, -0.25) is 14.5 Å². The molecule has 0 spiro atoms. The van der Waals surface area contributed by atoms with Crippen LogP contribution in [0.3, 0.4) is 0 Å². The molecule has 0 radical (unpaired) electrons. The third-order valence-corrected chi connectivity index (χ3v) is 5.01. The molecular formula is C21H19FN4O6. The SMILES string of the molecule is CC(Oc1ccn2ncc(C(=O)O)c2n1)c1cc(F)ccc1OCCN1C(=O)CCC1=O. The van der Waals surface area contributed by atoms with Crippen molar-refractivity contribution in [2.75, 3.05) is 13.2 Å². The zero-order chi connectivity index (χ0) is 22.8. The van der Waals surface area contributed by atoms with Gasteiger partial charge in [-0.1, -0.05) is 0 Å². The van der Waals surface area contributed by atoms with Gasteiger partial charge in [0.2, 0.25) is 17.7 Å². The highest BCUT2D eigenvalue weighted by atomic mass is 19.1. The van der Waals surface area contributed by atoms with Crippen LogP contribution in [-0.4, -0.2) is 55.5 Å². The van der Waals surface area contributed by atoms with E-state index in [1.165, 1.54) is 41.2 Å². The molecule has 32 heavy (non-hydrogen) atoms. The molecule has 166 valence electrons. The van der Waals surface area contributed by atoms with Crippen molar-refractivity contribution in [1.29, 1.82) is 0 Å². The van der Waals surface area contributed by atoms with Gasteiger partial charge in [-0.05, 0) is 25.1 Å². The maximum absolute atomic E-state index is 13.9. The van der Waals surface area contributed by atoms with Crippen LogP contribution in [0.1, 0.15) is 41.8 Å². The van der Waals surface area contributed by atoms with Crippen LogP contribution < -0.4 is 9.47 Å². The molecule has 11 heteroatoms. The summed E-state index contributed by atoms with van der Waals surface area (Å²) in [6, 6.07) is 5.43. The number of fused-ring (bicyclic) bond motifs is 1. The number of nitrogens with zero attached hydrogens (tertiary/aromatic N) is 4. The van der Waals surface area contributed by atoms with Gasteiger partial charge in [0.15, 0.2) is 5.65 Å². The van der Waals surface area contributed by atoms with Gasteiger partial charge in [-0.25, -0.2) is 13.7 Å². The third kappa shape index (κ3) is 4.22. The van der Waals surface area contributed by atoms with Crippen molar-refractivity contribution in [2.24, 2.45) is 0 Å². The number of aromatic carboxylic acids is 1. The molecule has 4 rings (SSSR count). The Morgan fingerprint density at radius 3 is 2.72 bits per heavy atom. The van der Waals surface area contributed by atoms with Crippen LogP contribution in [0.25, 0.3) is 5.65 Å². The Balaban J connectivity index is 1.50. The smallest absolute Gasteiger partial charge is 0.341 e. The Labute approximate surface area is 181 Å². The van der Waals surface area contributed by atoms with Crippen molar-refractivity contribution in [2.45, 2.75) is 25.9 Å². The van der Waals surface area contributed by atoms with Crippen molar-refractivity contribution >= 4 is 23.4 Å². The molecule has 1 unspecified atom stereocenters. The zero-order valence-electron chi connectivity index (χ0n) is 17.0. The lowest BCUT2D eigenvalue weighted by Gasteiger charge is -2.19. The highest BCUT2D eigenvalue weighted by Gasteiger charge is 2.28. The van der Waals surface area contributed by atoms with E-state index in [-0.39, 0.29) is 54.9 Å². The number of benzene rings is 1. The van der Waals surface area contributed by atoms with Crippen molar-refractivity contribution in [1.82, 2.24) is 19.5 Å². The Morgan fingerprint density at radius 2 is 2.00 bits per heavy atom. The van der Waals surface area contributed by atoms with Gasteiger partial charge in [0, 0.05) is 30.7 Å². The number of imide groups is 1. The van der Waals surface area contributed by atoms with Gasteiger partial charge < -0.3 is 14.6 Å². The number of halogens is 1. The normalized spacial score (nSPS) is 14.8. The summed E-state index contributed by atoms with van der Waals surface area (Å²) in [6.07, 6.45) is 2.38. The van der Waals surface area contributed by atoms with Crippen molar-refractivity contribution in [3.63, 3.8) is 0 Å². The molecule has 1 aliphatic rings. The van der Waals surface area contributed by atoms with Gasteiger partial charge in [0.25, 0.3) is 0 Å². The summed E-state index contributed by atoms with van der Waals surface area (Å²) in [5.74, 6) is -1.70. The summed E-state index contributed by atoms with van der Waals surface area (Å²) in [5, 5.41) is 13.2. The molecule has 1 saturated heterocycles. The number of hydrogen-bond acceptors (Lipinski definition) is 7.